The number of imidazole rings is 1. The van der Waals surface area contributed by atoms with Crippen LogP contribution in [0.15, 0.2) is 54.7 Å². The van der Waals surface area contributed by atoms with Crippen molar-refractivity contribution in [3.63, 3.8) is 0 Å². The van der Waals surface area contributed by atoms with Crippen molar-refractivity contribution in [1.29, 1.82) is 0 Å². The van der Waals surface area contributed by atoms with E-state index >= 15 is 0 Å². The maximum absolute atomic E-state index is 11.1. The average Bonchev–Trinajstić information content (AvgIpc) is 3.08. The van der Waals surface area contributed by atoms with Crippen LogP contribution in [0, 0.1) is 6.92 Å². The SMILES string of the molecule is CC(=O)Nc1ccc(Oc2nc(Nc3ncc(C)[nH]3)c3ccccc3n2)cc1. The Bertz CT molecular complexity index is 1140. The van der Waals surface area contributed by atoms with Crippen LogP contribution in [0.4, 0.5) is 17.5 Å². The third kappa shape index (κ3) is 3.90. The predicted molar refractivity (Wildman–Crippen MR) is 107 cm³/mol. The second kappa shape index (κ2) is 7.36. The summed E-state index contributed by atoms with van der Waals surface area (Å²) in [6, 6.07) is 14.8. The van der Waals surface area contributed by atoms with E-state index in [2.05, 4.69) is 30.6 Å². The van der Waals surface area contributed by atoms with E-state index in [1.807, 2.05) is 31.2 Å². The summed E-state index contributed by atoms with van der Waals surface area (Å²) in [5, 5.41) is 6.74. The van der Waals surface area contributed by atoms with Gasteiger partial charge in [0.25, 0.3) is 0 Å². The van der Waals surface area contributed by atoms with E-state index in [9.17, 15) is 4.79 Å². The fourth-order valence-electron chi connectivity index (χ4n) is 2.70. The second-order valence-corrected chi connectivity index (χ2v) is 6.22. The highest BCUT2D eigenvalue weighted by Gasteiger charge is 2.11. The number of fused-ring (bicyclic) bond motifs is 1. The van der Waals surface area contributed by atoms with E-state index in [0.29, 0.717) is 23.2 Å². The highest BCUT2D eigenvalue weighted by atomic mass is 16.5. The Labute approximate surface area is 161 Å². The van der Waals surface area contributed by atoms with Crippen molar-refractivity contribution in [1.82, 2.24) is 19.9 Å². The topological polar surface area (TPSA) is 105 Å². The molecule has 1 amide bonds. The number of amides is 1. The van der Waals surface area contributed by atoms with Gasteiger partial charge in [0, 0.05) is 29.9 Å². The van der Waals surface area contributed by atoms with Gasteiger partial charge in [0.15, 0.2) is 0 Å². The molecule has 0 aliphatic rings. The normalized spacial score (nSPS) is 10.6. The minimum atomic E-state index is -0.129. The Morgan fingerprint density at radius 2 is 1.86 bits per heavy atom. The maximum atomic E-state index is 11.1. The Hall–Kier alpha value is -3.94. The van der Waals surface area contributed by atoms with Crippen LogP contribution in [0.1, 0.15) is 12.6 Å². The van der Waals surface area contributed by atoms with Crippen molar-refractivity contribution in [2.45, 2.75) is 13.8 Å². The number of anilines is 3. The Morgan fingerprint density at radius 1 is 1.07 bits per heavy atom. The van der Waals surface area contributed by atoms with Gasteiger partial charge in [-0.3, -0.25) is 4.79 Å². The van der Waals surface area contributed by atoms with Gasteiger partial charge in [0.05, 0.1) is 5.52 Å². The molecule has 140 valence electrons. The third-order valence-electron chi connectivity index (χ3n) is 3.91. The minimum Gasteiger partial charge on any atom is -0.424 e. The highest BCUT2D eigenvalue weighted by molar-refractivity contribution is 5.90. The number of H-pyrrole nitrogens is 1. The van der Waals surface area contributed by atoms with E-state index < -0.39 is 0 Å². The van der Waals surface area contributed by atoms with E-state index in [1.165, 1.54) is 6.92 Å². The molecule has 2 aromatic carbocycles. The molecule has 4 aromatic rings. The van der Waals surface area contributed by atoms with E-state index in [4.69, 9.17) is 4.74 Å². The van der Waals surface area contributed by atoms with Crippen LogP contribution in [0.5, 0.6) is 11.8 Å². The number of hydrogen-bond acceptors (Lipinski definition) is 6. The van der Waals surface area contributed by atoms with E-state index in [1.54, 1.807) is 30.5 Å². The summed E-state index contributed by atoms with van der Waals surface area (Å²) in [6.45, 7) is 3.39. The first-order valence-electron chi connectivity index (χ1n) is 8.68. The molecule has 28 heavy (non-hydrogen) atoms. The molecule has 8 nitrogen and oxygen atoms in total. The quantitative estimate of drug-likeness (QED) is 0.484. The number of hydrogen-bond donors (Lipinski definition) is 3. The summed E-state index contributed by atoms with van der Waals surface area (Å²) in [5.74, 6) is 1.61. The number of carbonyl (C=O) groups excluding carboxylic acids is 1. The molecular formula is C20H18N6O2. The molecule has 2 heterocycles. The van der Waals surface area contributed by atoms with Gasteiger partial charge in [-0.15, -0.1) is 0 Å². The fraction of sp³-hybridized carbons (Fsp3) is 0.100. The zero-order chi connectivity index (χ0) is 19.5. The largest absolute Gasteiger partial charge is 0.424 e. The lowest BCUT2D eigenvalue weighted by Crippen LogP contribution is -2.05. The van der Waals surface area contributed by atoms with Gasteiger partial charge < -0.3 is 20.4 Å². The van der Waals surface area contributed by atoms with Gasteiger partial charge in [-0.1, -0.05) is 12.1 Å². The van der Waals surface area contributed by atoms with Gasteiger partial charge in [0.2, 0.25) is 11.9 Å². The number of aromatic nitrogens is 4. The zero-order valence-electron chi connectivity index (χ0n) is 15.4. The summed E-state index contributed by atoms with van der Waals surface area (Å²) < 4.78 is 5.82. The lowest BCUT2D eigenvalue weighted by atomic mass is 10.2. The van der Waals surface area contributed by atoms with Crippen LogP contribution in [0.2, 0.25) is 0 Å². The molecule has 0 saturated heterocycles. The molecule has 0 unspecified atom stereocenters. The smallest absolute Gasteiger partial charge is 0.324 e. The van der Waals surface area contributed by atoms with Crippen molar-refractivity contribution in [3.05, 3.63) is 60.4 Å². The Morgan fingerprint density at radius 3 is 2.57 bits per heavy atom. The zero-order valence-corrected chi connectivity index (χ0v) is 15.4. The van der Waals surface area contributed by atoms with Gasteiger partial charge >= 0.3 is 6.01 Å². The van der Waals surface area contributed by atoms with Gasteiger partial charge in [-0.2, -0.15) is 9.97 Å². The number of para-hydroxylation sites is 1. The van der Waals surface area contributed by atoms with Crippen LogP contribution < -0.4 is 15.4 Å². The second-order valence-electron chi connectivity index (χ2n) is 6.22. The lowest BCUT2D eigenvalue weighted by molar-refractivity contribution is -0.114. The van der Waals surface area contributed by atoms with Crippen LogP contribution in [0.3, 0.4) is 0 Å². The van der Waals surface area contributed by atoms with E-state index in [-0.39, 0.29) is 11.9 Å². The maximum Gasteiger partial charge on any atom is 0.324 e. The van der Waals surface area contributed by atoms with Crippen LogP contribution >= 0.6 is 0 Å². The van der Waals surface area contributed by atoms with Crippen LogP contribution in [-0.4, -0.2) is 25.8 Å². The number of ether oxygens (including phenoxy) is 1. The number of carbonyl (C=O) groups is 1. The first-order chi connectivity index (χ1) is 13.6. The molecule has 0 fully saturated rings. The van der Waals surface area contributed by atoms with Gasteiger partial charge in [-0.25, -0.2) is 4.98 Å². The summed E-state index contributed by atoms with van der Waals surface area (Å²) in [6.07, 6.45) is 1.74. The number of nitrogens with zero attached hydrogens (tertiary/aromatic N) is 3. The Kier molecular flexibility index (Phi) is 4.59. The molecule has 2 aromatic heterocycles. The number of benzene rings is 2. The first-order valence-corrected chi connectivity index (χ1v) is 8.68. The van der Waals surface area contributed by atoms with Crippen LogP contribution in [0.25, 0.3) is 10.9 Å². The van der Waals surface area contributed by atoms with Crippen molar-refractivity contribution < 1.29 is 9.53 Å². The Balaban J connectivity index is 1.64. The third-order valence-corrected chi connectivity index (χ3v) is 3.91. The monoisotopic (exact) mass is 374 g/mol. The minimum absolute atomic E-state index is 0.129. The van der Waals surface area contributed by atoms with Crippen molar-refractivity contribution in [3.8, 4) is 11.8 Å². The molecule has 0 spiro atoms. The number of aromatic amines is 1. The number of aryl methyl sites for hydroxylation is 1. The van der Waals surface area contributed by atoms with Crippen molar-refractivity contribution in [2.75, 3.05) is 10.6 Å². The first kappa shape index (κ1) is 17.5. The van der Waals surface area contributed by atoms with Gasteiger partial charge in [0.1, 0.15) is 11.6 Å². The molecule has 3 N–H and O–H groups in total. The molecule has 0 aliphatic heterocycles. The lowest BCUT2D eigenvalue weighted by Gasteiger charge is -2.10. The summed E-state index contributed by atoms with van der Waals surface area (Å²) in [7, 11) is 0. The van der Waals surface area contributed by atoms with Gasteiger partial charge in [-0.05, 0) is 43.3 Å². The summed E-state index contributed by atoms with van der Waals surface area (Å²) >= 11 is 0. The molecule has 4 rings (SSSR count). The van der Waals surface area contributed by atoms with Crippen LogP contribution in [-0.2, 0) is 4.79 Å². The predicted octanol–water partition coefficient (Wildman–Crippen LogP) is 4.16. The molecule has 0 atom stereocenters. The highest BCUT2D eigenvalue weighted by Crippen LogP contribution is 2.27. The molecule has 0 bridgehead atoms. The average molecular weight is 374 g/mol. The molecule has 0 aliphatic carbocycles. The number of rotatable bonds is 5. The summed E-state index contributed by atoms with van der Waals surface area (Å²) in [4.78, 5) is 27.5. The van der Waals surface area contributed by atoms with Crippen molar-refractivity contribution >= 4 is 34.3 Å². The van der Waals surface area contributed by atoms with E-state index in [0.717, 1.165) is 16.6 Å². The number of nitrogens with one attached hydrogen (secondary N) is 3. The molecule has 0 saturated carbocycles. The molecule has 8 heteroatoms. The molecular weight excluding hydrogens is 356 g/mol. The van der Waals surface area contributed by atoms with Crippen molar-refractivity contribution in [2.24, 2.45) is 0 Å². The summed E-state index contributed by atoms with van der Waals surface area (Å²) in [5.41, 5.74) is 2.37. The fourth-order valence-corrected chi connectivity index (χ4v) is 2.70. The standard InChI is InChI=1S/C20H18N6O2/c1-12-11-21-19(22-12)25-18-16-5-3-4-6-17(16)24-20(26-18)28-15-9-7-14(8-10-15)23-13(2)27/h3-11H,1-2H3,(H,23,27)(H2,21,22,24,25,26). The molecule has 0 radical (unpaired) electrons.